The molecule has 14 heteroatoms. The molecule has 3 aliphatic heterocycles. The number of hydrogen-bond acceptors (Lipinski definition) is 8. The van der Waals surface area contributed by atoms with Crippen LogP contribution in [0.5, 0.6) is 0 Å². The zero-order valence-corrected chi connectivity index (χ0v) is 21.7. The van der Waals surface area contributed by atoms with Crippen molar-refractivity contribution >= 4 is 48.9 Å². The summed E-state index contributed by atoms with van der Waals surface area (Å²) in [6.45, 7) is 0.904. The van der Waals surface area contributed by atoms with Crippen LogP contribution in [0, 0.1) is 0 Å². The quantitative estimate of drug-likeness (QED) is 0.241. The second-order valence-electron chi connectivity index (χ2n) is 10.1. The summed E-state index contributed by atoms with van der Waals surface area (Å²) in [5, 5.41) is 35.1. The summed E-state index contributed by atoms with van der Waals surface area (Å²) in [4.78, 5) is 51.5. The maximum atomic E-state index is 13.2. The second-order valence-corrected chi connectivity index (χ2v) is 10.1. The minimum absolute atomic E-state index is 0.0720. The first kappa shape index (κ1) is 27.8. The lowest BCUT2D eigenvalue weighted by Crippen LogP contribution is -2.51. The van der Waals surface area contributed by atoms with Crippen LogP contribution >= 0.6 is 0 Å². The van der Waals surface area contributed by atoms with Gasteiger partial charge in [0.25, 0.3) is 11.8 Å². The fourth-order valence-electron chi connectivity index (χ4n) is 5.30. The van der Waals surface area contributed by atoms with Crippen molar-refractivity contribution in [2.75, 3.05) is 26.3 Å². The minimum atomic E-state index is -1.13. The summed E-state index contributed by atoms with van der Waals surface area (Å²) in [6.07, 6.45) is 0.694. The lowest BCUT2D eigenvalue weighted by molar-refractivity contribution is -0.140. The molecule has 12 nitrogen and oxygen atoms in total. The predicted octanol–water partition coefficient (Wildman–Crippen LogP) is -2.19. The fraction of sp³-hybridized carbons (Fsp3) is 0.385. The molecular weight excluding hydrogens is 520 g/mol. The summed E-state index contributed by atoms with van der Waals surface area (Å²) in [6, 6.07) is 8.60. The number of likely N-dealkylation sites (tertiary alicyclic amines) is 1. The molecule has 3 aliphatic rings. The van der Waals surface area contributed by atoms with Crippen molar-refractivity contribution in [3.05, 3.63) is 58.7 Å². The Morgan fingerprint density at radius 1 is 0.800 bits per heavy atom. The number of carboxylic acids is 1. The van der Waals surface area contributed by atoms with Crippen LogP contribution in [0.4, 0.5) is 0 Å². The Balaban J connectivity index is 1.33. The predicted molar refractivity (Wildman–Crippen MR) is 143 cm³/mol. The van der Waals surface area contributed by atoms with Crippen LogP contribution in [0.15, 0.2) is 36.4 Å². The summed E-state index contributed by atoms with van der Waals surface area (Å²) in [5.41, 5.74) is 3.37. The summed E-state index contributed by atoms with van der Waals surface area (Å²) in [5.74, 6) is -2.42. The van der Waals surface area contributed by atoms with Gasteiger partial charge in [-0.3, -0.25) is 19.2 Å². The highest BCUT2D eigenvalue weighted by molar-refractivity contribution is 6.61. The molecule has 0 spiro atoms. The van der Waals surface area contributed by atoms with Gasteiger partial charge in [-0.2, -0.15) is 0 Å². The van der Waals surface area contributed by atoms with E-state index >= 15 is 0 Å². The maximum Gasteiger partial charge on any atom is 0.491 e. The van der Waals surface area contributed by atoms with E-state index in [1.807, 2.05) is 0 Å². The Labute approximate surface area is 230 Å². The summed E-state index contributed by atoms with van der Waals surface area (Å²) < 4.78 is 10.5. The number of nitrogens with zero attached hydrogens (tertiary/aromatic N) is 1. The van der Waals surface area contributed by atoms with Gasteiger partial charge >= 0.3 is 20.2 Å². The van der Waals surface area contributed by atoms with E-state index in [9.17, 15) is 29.2 Å². The number of nitrogens with one attached hydrogen (secondary N) is 2. The number of hydrogen-bond donors (Lipinski definition) is 5. The van der Waals surface area contributed by atoms with Crippen molar-refractivity contribution in [1.82, 2.24) is 15.5 Å². The standard InChI is InChI=1S/C26H29B2N3O9/c32-23(5-6-24(33)34)31-13-21(29-25(35)17-3-1-15-7-9-39-27(37)19(15)11-17)22(14-31)30-26(36)18-4-2-16-8-10-40-28(38)20(16)12-18/h1-4,11-12,21-22,37-38H,5-10,13-14H2,(H,29,35)(H,30,36)(H,33,34). The molecule has 0 saturated carbocycles. The average molecular weight is 549 g/mol. The van der Waals surface area contributed by atoms with Crippen molar-refractivity contribution in [1.29, 1.82) is 0 Å². The topological polar surface area (TPSA) is 175 Å². The highest BCUT2D eigenvalue weighted by Crippen LogP contribution is 2.16. The van der Waals surface area contributed by atoms with E-state index in [0.717, 1.165) is 11.1 Å². The lowest BCUT2D eigenvalue weighted by atomic mass is 9.73. The fourth-order valence-corrected chi connectivity index (χ4v) is 5.30. The van der Waals surface area contributed by atoms with Crippen molar-refractivity contribution in [3.8, 4) is 0 Å². The second kappa shape index (κ2) is 11.8. The van der Waals surface area contributed by atoms with E-state index in [2.05, 4.69) is 10.6 Å². The number of carbonyl (C=O) groups is 4. The van der Waals surface area contributed by atoms with Crippen LogP contribution in [-0.2, 0) is 31.7 Å². The Bertz CT molecular complexity index is 1250. The van der Waals surface area contributed by atoms with Crippen LogP contribution in [0.1, 0.15) is 44.7 Å². The van der Waals surface area contributed by atoms with Crippen molar-refractivity contribution < 1.29 is 43.6 Å². The third kappa shape index (κ3) is 6.04. The third-order valence-electron chi connectivity index (χ3n) is 7.50. The molecule has 5 rings (SSSR count). The van der Waals surface area contributed by atoms with E-state index < -0.39 is 50.0 Å². The molecule has 0 radical (unpaired) electrons. The largest absolute Gasteiger partial charge is 0.491 e. The highest BCUT2D eigenvalue weighted by atomic mass is 16.5. The third-order valence-corrected chi connectivity index (χ3v) is 7.50. The van der Waals surface area contributed by atoms with Gasteiger partial charge < -0.3 is 40.0 Å². The van der Waals surface area contributed by atoms with Crippen LogP contribution in [0.3, 0.4) is 0 Å². The lowest BCUT2D eigenvalue weighted by Gasteiger charge is -2.23. The zero-order chi connectivity index (χ0) is 28.4. The van der Waals surface area contributed by atoms with Crippen LogP contribution in [-0.4, -0.2) is 96.4 Å². The average Bonchev–Trinajstić information content (AvgIpc) is 3.33. The van der Waals surface area contributed by atoms with E-state index in [0.29, 0.717) is 37.0 Å². The van der Waals surface area contributed by atoms with E-state index in [1.165, 1.54) is 4.90 Å². The van der Waals surface area contributed by atoms with E-state index in [4.69, 9.17) is 14.4 Å². The molecule has 2 unspecified atom stereocenters. The molecule has 1 saturated heterocycles. The Kier molecular flexibility index (Phi) is 8.22. The van der Waals surface area contributed by atoms with Gasteiger partial charge in [-0.05, 0) is 59.2 Å². The SMILES string of the molecule is O=C(O)CCC(=O)N1CC(NC(=O)c2ccc3c(c2)B(O)OCC3)C(NC(=O)c2ccc3c(c2)B(O)OCC3)C1. The normalized spacial score (nSPS) is 20.0. The summed E-state index contributed by atoms with van der Waals surface area (Å²) in [7, 11) is -2.25. The van der Waals surface area contributed by atoms with Gasteiger partial charge in [-0.15, -0.1) is 0 Å². The van der Waals surface area contributed by atoms with Gasteiger partial charge in [-0.1, -0.05) is 12.1 Å². The summed E-state index contributed by atoms with van der Waals surface area (Å²) >= 11 is 0. The molecule has 3 heterocycles. The molecule has 0 bridgehead atoms. The molecule has 2 aromatic rings. The van der Waals surface area contributed by atoms with Crippen LogP contribution in [0.25, 0.3) is 0 Å². The van der Waals surface area contributed by atoms with E-state index in [1.54, 1.807) is 36.4 Å². The molecule has 2 aromatic carbocycles. The van der Waals surface area contributed by atoms with Gasteiger partial charge in [0.1, 0.15) is 0 Å². The van der Waals surface area contributed by atoms with Crippen molar-refractivity contribution in [2.45, 2.75) is 37.8 Å². The zero-order valence-electron chi connectivity index (χ0n) is 21.7. The first-order chi connectivity index (χ1) is 19.2. The van der Waals surface area contributed by atoms with Gasteiger partial charge in [0, 0.05) is 43.9 Å². The number of rotatable bonds is 7. The number of carboxylic acid groups (broad SMARTS) is 1. The van der Waals surface area contributed by atoms with Crippen molar-refractivity contribution in [2.24, 2.45) is 0 Å². The molecule has 40 heavy (non-hydrogen) atoms. The monoisotopic (exact) mass is 549 g/mol. The Hall–Kier alpha value is -3.71. The molecule has 208 valence electrons. The Morgan fingerprint density at radius 3 is 1.73 bits per heavy atom. The van der Waals surface area contributed by atoms with Crippen LogP contribution < -0.4 is 21.6 Å². The smallest absolute Gasteiger partial charge is 0.481 e. The van der Waals surface area contributed by atoms with Crippen LogP contribution in [0.2, 0.25) is 0 Å². The first-order valence-corrected chi connectivity index (χ1v) is 13.2. The molecule has 1 fully saturated rings. The van der Waals surface area contributed by atoms with E-state index in [-0.39, 0.29) is 37.1 Å². The minimum Gasteiger partial charge on any atom is -0.481 e. The number of amides is 3. The van der Waals surface area contributed by atoms with Crippen molar-refractivity contribution in [3.63, 3.8) is 0 Å². The highest BCUT2D eigenvalue weighted by Gasteiger charge is 2.38. The van der Waals surface area contributed by atoms with Gasteiger partial charge in [-0.25, -0.2) is 0 Å². The molecule has 0 aliphatic carbocycles. The van der Waals surface area contributed by atoms with Gasteiger partial charge in [0.15, 0.2) is 0 Å². The molecular formula is C26H29B2N3O9. The Morgan fingerprint density at radius 2 is 1.27 bits per heavy atom. The molecule has 2 atom stereocenters. The first-order valence-electron chi connectivity index (χ1n) is 13.2. The van der Waals surface area contributed by atoms with Gasteiger partial charge in [0.05, 0.1) is 18.5 Å². The number of carbonyl (C=O) groups excluding carboxylic acids is 3. The molecule has 3 amide bonds. The molecule has 5 N–H and O–H groups in total. The number of benzene rings is 2. The maximum absolute atomic E-state index is 13.2. The number of aliphatic carboxylic acids is 1. The number of fused-ring (bicyclic) bond motifs is 2. The molecule has 0 aromatic heterocycles. The van der Waals surface area contributed by atoms with Gasteiger partial charge in [0.2, 0.25) is 5.91 Å².